The molecule has 1 aromatic carbocycles. The summed E-state index contributed by atoms with van der Waals surface area (Å²) in [7, 11) is 0. The molecule has 1 aliphatic heterocycles. The minimum atomic E-state index is -4.35. The average Bonchev–Trinajstić information content (AvgIpc) is 3.04. The van der Waals surface area contributed by atoms with Crippen LogP contribution in [0.2, 0.25) is 0 Å². The number of halogens is 3. The fourth-order valence-electron chi connectivity index (χ4n) is 3.56. The summed E-state index contributed by atoms with van der Waals surface area (Å²) in [4.78, 5) is 11.9. The predicted octanol–water partition coefficient (Wildman–Crippen LogP) is 3.46. The van der Waals surface area contributed by atoms with Crippen LogP contribution in [0.1, 0.15) is 37.3 Å². The maximum absolute atomic E-state index is 12.5. The van der Waals surface area contributed by atoms with E-state index in [1.54, 1.807) is 0 Å². The average molecular weight is 342 g/mol. The first-order valence-electron chi connectivity index (χ1n) is 8.02. The van der Waals surface area contributed by atoms with Crippen molar-refractivity contribution in [2.24, 2.45) is 5.41 Å². The molecule has 2 atom stereocenters. The Hall–Kier alpha value is -1.76. The van der Waals surface area contributed by atoms with Crippen molar-refractivity contribution in [1.82, 2.24) is 10.6 Å². The van der Waals surface area contributed by atoms with Crippen LogP contribution >= 0.6 is 0 Å². The van der Waals surface area contributed by atoms with E-state index in [-0.39, 0.29) is 23.6 Å². The van der Waals surface area contributed by atoms with E-state index in [0.717, 1.165) is 38.0 Å². The van der Waals surface area contributed by atoms with Crippen LogP contribution in [0.25, 0.3) is 0 Å². The number of ether oxygens (including phenoxy) is 1. The third-order valence-corrected chi connectivity index (χ3v) is 4.97. The highest BCUT2D eigenvalue weighted by Gasteiger charge is 2.53. The number of urea groups is 1. The Kier molecular flexibility index (Phi) is 4.23. The second kappa shape index (κ2) is 5.95. The van der Waals surface area contributed by atoms with Crippen LogP contribution in [-0.4, -0.2) is 24.8 Å². The zero-order chi connectivity index (χ0) is 17.4. The topological polar surface area (TPSA) is 50.4 Å². The van der Waals surface area contributed by atoms with Gasteiger partial charge in [-0.1, -0.05) is 19.1 Å². The van der Waals surface area contributed by atoms with Gasteiger partial charge in [-0.15, -0.1) is 0 Å². The molecule has 7 heteroatoms. The molecule has 2 fully saturated rings. The number of hydrogen-bond acceptors (Lipinski definition) is 2. The number of benzene rings is 1. The summed E-state index contributed by atoms with van der Waals surface area (Å²) in [5.41, 5.74) is -0.0990. The summed E-state index contributed by atoms with van der Waals surface area (Å²) >= 11 is 0. The Labute approximate surface area is 138 Å². The molecule has 1 saturated heterocycles. The summed E-state index contributed by atoms with van der Waals surface area (Å²) in [5.74, 6) is 0. The number of rotatable bonds is 4. The summed E-state index contributed by atoms with van der Waals surface area (Å²) in [5, 5.41) is 5.47. The zero-order valence-corrected chi connectivity index (χ0v) is 13.5. The first-order valence-corrected chi connectivity index (χ1v) is 8.02. The fourth-order valence-corrected chi connectivity index (χ4v) is 3.56. The minimum absolute atomic E-state index is 0.176. The van der Waals surface area contributed by atoms with Gasteiger partial charge < -0.3 is 15.4 Å². The molecule has 2 N–H and O–H groups in total. The quantitative estimate of drug-likeness (QED) is 0.880. The van der Waals surface area contributed by atoms with Crippen LogP contribution in [0, 0.1) is 5.41 Å². The zero-order valence-electron chi connectivity index (χ0n) is 13.5. The smallest absolute Gasteiger partial charge is 0.373 e. The van der Waals surface area contributed by atoms with Gasteiger partial charge in [0, 0.05) is 13.1 Å². The predicted molar refractivity (Wildman–Crippen MR) is 82.3 cm³/mol. The van der Waals surface area contributed by atoms with Crippen molar-refractivity contribution >= 4 is 6.03 Å². The Bertz CT molecular complexity index is 605. The largest absolute Gasteiger partial charge is 0.416 e. The molecule has 2 aliphatic rings. The lowest BCUT2D eigenvalue weighted by Gasteiger charge is -2.27. The van der Waals surface area contributed by atoms with E-state index in [1.165, 1.54) is 12.1 Å². The van der Waals surface area contributed by atoms with Crippen molar-refractivity contribution < 1.29 is 22.7 Å². The van der Waals surface area contributed by atoms with Crippen LogP contribution in [0.4, 0.5) is 18.0 Å². The maximum Gasteiger partial charge on any atom is 0.416 e. The van der Waals surface area contributed by atoms with Gasteiger partial charge in [0.1, 0.15) is 0 Å². The molecule has 1 aliphatic carbocycles. The normalized spacial score (nSPS) is 28.8. The number of hydrogen-bond donors (Lipinski definition) is 2. The number of nitrogens with one attached hydrogen (secondary N) is 2. The van der Waals surface area contributed by atoms with Crippen LogP contribution in [0.5, 0.6) is 0 Å². The van der Waals surface area contributed by atoms with Gasteiger partial charge in [0.25, 0.3) is 0 Å². The molecule has 2 unspecified atom stereocenters. The van der Waals surface area contributed by atoms with Crippen molar-refractivity contribution in [1.29, 1.82) is 0 Å². The molecule has 24 heavy (non-hydrogen) atoms. The third kappa shape index (κ3) is 3.66. The highest BCUT2D eigenvalue weighted by molar-refractivity contribution is 5.73. The fraction of sp³-hybridized carbons (Fsp3) is 0.588. The number of carbonyl (C=O) groups excluding carboxylic acids is 1. The van der Waals surface area contributed by atoms with Gasteiger partial charge in [0.05, 0.1) is 17.8 Å². The molecule has 1 heterocycles. The van der Waals surface area contributed by atoms with Gasteiger partial charge in [-0.2, -0.15) is 13.2 Å². The van der Waals surface area contributed by atoms with Crippen LogP contribution in [-0.2, 0) is 17.5 Å². The summed E-state index contributed by atoms with van der Waals surface area (Å²) in [6.07, 6.45) is -1.33. The maximum atomic E-state index is 12.5. The number of amides is 2. The molecule has 1 saturated carbocycles. The molecule has 2 bridgehead atoms. The Morgan fingerprint density at radius 2 is 1.92 bits per heavy atom. The standard InChI is InChI=1S/C17H21F3N2O2/c1-15-6-7-16(9-15,24-11-15)10-22-14(23)21-8-12-2-4-13(5-3-12)17(18,19)20/h2-5H,6-11H2,1H3,(H2,21,22,23). The van der Waals surface area contributed by atoms with Gasteiger partial charge in [-0.3, -0.25) is 0 Å². The molecule has 3 rings (SSSR count). The lowest BCUT2D eigenvalue weighted by Crippen LogP contribution is -2.45. The molecular formula is C17H21F3N2O2. The van der Waals surface area contributed by atoms with E-state index in [4.69, 9.17) is 4.74 Å². The molecule has 0 aromatic heterocycles. The van der Waals surface area contributed by atoms with Crippen LogP contribution in [0.15, 0.2) is 24.3 Å². The summed E-state index contributed by atoms with van der Waals surface area (Å²) in [6, 6.07) is 4.42. The van der Waals surface area contributed by atoms with Gasteiger partial charge in [0.15, 0.2) is 0 Å². The van der Waals surface area contributed by atoms with Crippen molar-refractivity contribution in [2.75, 3.05) is 13.2 Å². The first-order chi connectivity index (χ1) is 11.2. The molecular weight excluding hydrogens is 321 g/mol. The lowest BCUT2D eigenvalue weighted by molar-refractivity contribution is -0.137. The lowest BCUT2D eigenvalue weighted by atomic mass is 9.90. The minimum Gasteiger partial charge on any atom is -0.373 e. The van der Waals surface area contributed by atoms with Gasteiger partial charge in [-0.05, 0) is 42.4 Å². The molecule has 0 spiro atoms. The van der Waals surface area contributed by atoms with Crippen molar-refractivity contribution in [3.05, 3.63) is 35.4 Å². The van der Waals surface area contributed by atoms with Crippen LogP contribution in [0.3, 0.4) is 0 Å². The summed E-state index contributed by atoms with van der Waals surface area (Å²) in [6.45, 7) is 3.57. The number of fused-ring (bicyclic) bond motifs is 2. The highest BCUT2D eigenvalue weighted by atomic mass is 19.4. The van der Waals surface area contributed by atoms with E-state index in [0.29, 0.717) is 12.1 Å². The Morgan fingerprint density at radius 3 is 2.42 bits per heavy atom. The van der Waals surface area contributed by atoms with Crippen LogP contribution < -0.4 is 10.6 Å². The second-order valence-corrected chi connectivity index (χ2v) is 7.19. The van der Waals surface area contributed by atoms with E-state index >= 15 is 0 Å². The molecule has 1 aromatic rings. The monoisotopic (exact) mass is 342 g/mol. The van der Waals surface area contributed by atoms with E-state index in [2.05, 4.69) is 17.6 Å². The highest BCUT2D eigenvalue weighted by Crippen LogP contribution is 2.52. The number of carbonyl (C=O) groups is 1. The molecule has 0 radical (unpaired) electrons. The van der Waals surface area contributed by atoms with E-state index in [1.807, 2.05) is 0 Å². The van der Waals surface area contributed by atoms with Gasteiger partial charge in [0.2, 0.25) is 0 Å². The van der Waals surface area contributed by atoms with Crippen molar-refractivity contribution in [3.8, 4) is 0 Å². The van der Waals surface area contributed by atoms with E-state index < -0.39 is 11.7 Å². The number of alkyl halides is 3. The summed E-state index contributed by atoms with van der Waals surface area (Å²) < 4.78 is 43.3. The van der Waals surface area contributed by atoms with Crippen molar-refractivity contribution in [3.63, 3.8) is 0 Å². The Morgan fingerprint density at radius 1 is 1.21 bits per heavy atom. The SMILES string of the molecule is CC12CCC(CNC(=O)NCc3ccc(C(F)(F)F)cc3)(C1)OC2. The molecule has 4 nitrogen and oxygen atoms in total. The van der Waals surface area contributed by atoms with Gasteiger partial charge in [-0.25, -0.2) is 4.79 Å². The van der Waals surface area contributed by atoms with Crippen molar-refractivity contribution in [2.45, 2.75) is 44.5 Å². The molecule has 2 amide bonds. The first kappa shape index (κ1) is 17.1. The Balaban J connectivity index is 1.45. The van der Waals surface area contributed by atoms with E-state index in [9.17, 15) is 18.0 Å². The molecule has 132 valence electrons. The van der Waals surface area contributed by atoms with Gasteiger partial charge >= 0.3 is 12.2 Å². The third-order valence-electron chi connectivity index (χ3n) is 4.97. The second-order valence-electron chi connectivity index (χ2n) is 7.19.